The van der Waals surface area contributed by atoms with Crippen molar-refractivity contribution in [3.63, 3.8) is 0 Å². The average Bonchev–Trinajstić information content (AvgIpc) is 3.67. The maximum absolute atomic E-state index is 6.39. The molecular formula is C38H22N4OS. The van der Waals surface area contributed by atoms with Crippen molar-refractivity contribution in [3.8, 4) is 45.3 Å². The molecule has 9 rings (SSSR count). The highest BCUT2D eigenvalue weighted by Crippen LogP contribution is 2.42. The highest BCUT2D eigenvalue weighted by molar-refractivity contribution is 7.25. The van der Waals surface area contributed by atoms with Crippen LogP contribution in [0.4, 0.5) is 0 Å². The first-order chi connectivity index (χ1) is 21.8. The molecule has 0 saturated carbocycles. The van der Waals surface area contributed by atoms with Crippen LogP contribution in [0.25, 0.3) is 87.4 Å². The minimum atomic E-state index is 0.597. The zero-order chi connectivity index (χ0) is 29.0. The van der Waals surface area contributed by atoms with Gasteiger partial charge in [-0.3, -0.25) is 4.98 Å². The molecule has 4 aromatic heterocycles. The molecule has 0 bridgehead atoms. The minimum absolute atomic E-state index is 0.597. The first-order valence-corrected chi connectivity index (χ1v) is 15.2. The molecule has 6 heteroatoms. The normalized spacial score (nSPS) is 11.6. The Morgan fingerprint density at radius 3 is 1.93 bits per heavy atom. The van der Waals surface area contributed by atoms with E-state index in [1.165, 1.54) is 4.70 Å². The van der Waals surface area contributed by atoms with Crippen LogP contribution in [0, 0.1) is 0 Å². The van der Waals surface area contributed by atoms with E-state index < -0.39 is 0 Å². The Balaban J connectivity index is 1.28. The van der Waals surface area contributed by atoms with E-state index in [0.29, 0.717) is 17.5 Å². The van der Waals surface area contributed by atoms with Crippen LogP contribution in [0.5, 0.6) is 0 Å². The molecule has 206 valence electrons. The van der Waals surface area contributed by atoms with Crippen molar-refractivity contribution in [2.24, 2.45) is 0 Å². The largest absolute Gasteiger partial charge is 0.455 e. The minimum Gasteiger partial charge on any atom is -0.455 e. The van der Waals surface area contributed by atoms with E-state index in [-0.39, 0.29) is 0 Å². The van der Waals surface area contributed by atoms with E-state index in [1.807, 2.05) is 85.2 Å². The van der Waals surface area contributed by atoms with Crippen LogP contribution < -0.4 is 0 Å². The van der Waals surface area contributed by atoms with Gasteiger partial charge in [-0.25, -0.2) is 15.0 Å². The number of furan rings is 1. The van der Waals surface area contributed by atoms with Crippen LogP contribution in [0.1, 0.15) is 0 Å². The molecule has 5 nitrogen and oxygen atoms in total. The van der Waals surface area contributed by atoms with Crippen molar-refractivity contribution in [1.82, 2.24) is 19.9 Å². The zero-order valence-electron chi connectivity index (χ0n) is 23.3. The Bertz CT molecular complexity index is 2440. The van der Waals surface area contributed by atoms with Gasteiger partial charge in [-0.2, -0.15) is 0 Å². The van der Waals surface area contributed by atoms with Gasteiger partial charge in [-0.1, -0.05) is 103 Å². The van der Waals surface area contributed by atoms with Gasteiger partial charge in [0.25, 0.3) is 0 Å². The number of fused-ring (bicyclic) bond motifs is 6. The fraction of sp³-hybridized carbons (Fsp3) is 0. The number of aromatic nitrogens is 4. The number of rotatable bonds is 4. The molecule has 0 atom stereocenters. The fourth-order valence-electron chi connectivity index (χ4n) is 5.97. The van der Waals surface area contributed by atoms with Crippen LogP contribution in [0.15, 0.2) is 138 Å². The molecule has 0 fully saturated rings. The summed E-state index contributed by atoms with van der Waals surface area (Å²) in [7, 11) is 0. The lowest BCUT2D eigenvalue weighted by Crippen LogP contribution is -2.00. The van der Waals surface area contributed by atoms with Gasteiger partial charge >= 0.3 is 0 Å². The summed E-state index contributed by atoms with van der Waals surface area (Å²) in [4.78, 5) is 19.5. The lowest BCUT2D eigenvalue weighted by Gasteiger charge is -2.09. The molecule has 0 aliphatic carbocycles. The first kappa shape index (κ1) is 24.8. The van der Waals surface area contributed by atoms with Gasteiger partial charge in [0.05, 0.1) is 4.70 Å². The van der Waals surface area contributed by atoms with Crippen molar-refractivity contribution >= 4 is 53.4 Å². The van der Waals surface area contributed by atoms with E-state index >= 15 is 0 Å². The number of hydrogen-bond acceptors (Lipinski definition) is 6. The van der Waals surface area contributed by atoms with E-state index in [1.54, 1.807) is 11.3 Å². The molecule has 0 spiro atoms. The predicted octanol–water partition coefficient (Wildman–Crippen LogP) is 10.2. The van der Waals surface area contributed by atoms with E-state index in [9.17, 15) is 0 Å². The quantitative estimate of drug-likeness (QED) is 0.207. The standard InChI is InChI=1S/C38H22N4OS/c1-3-10-23(11-4-1)36-40-37(24-12-5-2-6-13-24)42-38(41-36)30-21-39-22-33-34(30)29-20-25(18-19-32(29)44-33)26-15-9-16-28-27-14-7-8-17-31(27)43-35(26)28/h1-22H. The first-order valence-electron chi connectivity index (χ1n) is 14.4. The third kappa shape index (κ3) is 4.00. The fourth-order valence-corrected chi connectivity index (χ4v) is 7.05. The summed E-state index contributed by atoms with van der Waals surface area (Å²) < 4.78 is 8.65. The van der Waals surface area contributed by atoms with Crippen molar-refractivity contribution in [1.29, 1.82) is 0 Å². The zero-order valence-corrected chi connectivity index (χ0v) is 24.1. The van der Waals surface area contributed by atoms with E-state index in [0.717, 1.165) is 65.2 Å². The molecule has 44 heavy (non-hydrogen) atoms. The smallest absolute Gasteiger partial charge is 0.166 e. The predicted molar refractivity (Wildman–Crippen MR) is 180 cm³/mol. The summed E-state index contributed by atoms with van der Waals surface area (Å²) >= 11 is 1.73. The Labute approximate surface area is 256 Å². The molecular weight excluding hydrogens is 561 g/mol. The summed E-state index contributed by atoms with van der Waals surface area (Å²) in [6.07, 6.45) is 3.81. The summed E-state index contributed by atoms with van der Waals surface area (Å²) in [6.45, 7) is 0. The molecule has 0 aliphatic rings. The molecule has 0 amide bonds. The maximum Gasteiger partial charge on any atom is 0.166 e. The van der Waals surface area contributed by atoms with Crippen LogP contribution in [-0.4, -0.2) is 19.9 Å². The molecule has 0 unspecified atom stereocenters. The van der Waals surface area contributed by atoms with Crippen molar-refractivity contribution < 1.29 is 4.42 Å². The second-order valence-electron chi connectivity index (χ2n) is 10.7. The SMILES string of the molecule is c1ccc(-c2nc(-c3ccccc3)nc(-c3cncc4sc5ccc(-c6cccc7c6oc6ccccc67)cc5c34)n2)cc1. The number of hydrogen-bond donors (Lipinski definition) is 0. The second kappa shape index (κ2) is 9.93. The lowest BCUT2D eigenvalue weighted by atomic mass is 9.99. The van der Waals surface area contributed by atoms with Gasteiger partial charge in [0, 0.05) is 60.9 Å². The molecule has 4 heterocycles. The van der Waals surface area contributed by atoms with Crippen molar-refractivity contribution in [3.05, 3.63) is 134 Å². The summed E-state index contributed by atoms with van der Waals surface area (Å²) in [5, 5.41) is 4.46. The molecule has 0 radical (unpaired) electrons. The maximum atomic E-state index is 6.39. The van der Waals surface area contributed by atoms with Gasteiger partial charge in [0.2, 0.25) is 0 Å². The van der Waals surface area contributed by atoms with Crippen molar-refractivity contribution in [2.75, 3.05) is 0 Å². The monoisotopic (exact) mass is 582 g/mol. The number of pyridine rings is 1. The van der Waals surface area contributed by atoms with Gasteiger partial charge in [-0.05, 0) is 23.8 Å². The summed E-state index contributed by atoms with van der Waals surface area (Å²) in [5.41, 5.74) is 6.69. The summed E-state index contributed by atoms with van der Waals surface area (Å²) in [5.74, 6) is 1.85. The van der Waals surface area contributed by atoms with Gasteiger partial charge in [-0.15, -0.1) is 11.3 Å². The van der Waals surface area contributed by atoms with Gasteiger partial charge in [0.15, 0.2) is 17.5 Å². The third-order valence-electron chi connectivity index (χ3n) is 8.04. The van der Waals surface area contributed by atoms with Crippen LogP contribution >= 0.6 is 11.3 Å². The topological polar surface area (TPSA) is 64.7 Å². The van der Waals surface area contributed by atoms with Crippen LogP contribution in [-0.2, 0) is 0 Å². The Kier molecular flexibility index (Phi) is 5.61. The number of nitrogens with zero attached hydrogens (tertiary/aromatic N) is 4. The van der Waals surface area contributed by atoms with Gasteiger partial charge in [0.1, 0.15) is 11.2 Å². The Morgan fingerprint density at radius 1 is 0.477 bits per heavy atom. The highest BCUT2D eigenvalue weighted by Gasteiger charge is 2.19. The third-order valence-corrected chi connectivity index (χ3v) is 9.14. The highest BCUT2D eigenvalue weighted by atomic mass is 32.1. The Morgan fingerprint density at radius 2 is 1.16 bits per heavy atom. The number of benzene rings is 5. The van der Waals surface area contributed by atoms with E-state index in [4.69, 9.17) is 19.4 Å². The second-order valence-corrected chi connectivity index (χ2v) is 11.8. The lowest BCUT2D eigenvalue weighted by molar-refractivity contribution is 0.670. The number of thiophene rings is 1. The molecule has 9 aromatic rings. The average molecular weight is 583 g/mol. The molecule has 5 aromatic carbocycles. The van der Waals surface area contributed by atoms with E-state index in [2.05, 4.69) is 53.5 Å². The molecule has 0 saturated heterocycles. The van der Waals surface area contributed by atoms with Gasteiger partial charge < -0.3 is 4.42 Å². The Hall–Kier alpha value is -5.72. The van der Waals surface area contributed by atoms with Crippen molar-refractivity contribution in [2.45, 2.75) is 0 Å². The summed E-state index contributed by atoms with van der Waals surface area (Å²) in [6, 6.07) is 41.3. The van der Waals surface area contributed by atoms with Crippen LogP contribution in [0.3, 0.4) is 0 Å². The molecule has 0 N–H and O–H groups in total. The number of para-hydroxylation sites is 2. The van der Waals surface area contributed by atoms with Crippen LogP contribution in [0.2, 0.25) is 0 Å². The molecule has 0 aliphatic heterocycles.